The van der Waals surface area contributed by atoms with E-state index in [4.69, 9.17) is 5.11 Å². The first-order chi connectivity index (χ1) is 7.00. The van der Waals surface area contributed by atoms with Gasteiger partial charge in [-0.3, -0.25) is 4.79 Å². The fraction of sp³-hybridized carbons (Fsp3) is 0.800. The molecule has 15 heavy (non-hydrogen) atoms. The van der Waals surface area contributed by atoms with Crippen LogP contribution in [0.4, 0.5) is 0 Å². The molecular formula is C10H18N2O3. The first kappa shape index (κ1) is 12.0. The zero-order valence-electron chi connectivity index (χ0n) is 9.17. The molecule has 0 aliphatic heterocycles. The summed E-state index contributed by atoms with van der Waals surface area (Å²) in [5, 5.41) is 14.5. The number of rotatable bonds is 6. The summed E-state index contributed by atoms with van der Waals surface area (Å²) in [5.41, 5.74) is -1.08. The minimum atomic E-state index is -1.08. The van der Waals surface area contributed by atoms with Gasteiger partial charge in [0.25, 0.3) is 0 Å². The van der Waals surface area contributed by atoms with Crippen molar-refractivity contribution in [2.75, 3.05) is 13.6 Å². The number of carboxylic acid groups (broad SMARTS) is 1. The van der Waals surface area contributed by atoms with E-state index in [0.717, 1.165) is 12.8 Å². The lowest BCUT2D eigenvalue weighted by molar-refractivity contribution is -0.147. The Bertz CT molecular complexity index is 263. The highest BCUT2D eigenvalue weighted by Crippen LogP contribution is 2.39. The molecule has 0 spiro atoms. The van der Waals surface area contributed by atoms with Crippen molar-refractivity contribution in [3.05, 3.63) is 0 Å². The maximum atomic E-state index is 11.4. The van der Waals surface area contributed by atoms with Gasteiger partial charge in [-0.25, -0.2) is 4.79 Å². The van der Waals surface area contributed by atoms with Crippen LogP contribution in [0.15, 0.2) is 0 Å². The van der Waals surface area contributed by atoms with Gasteiger partial charge < -0.3 is 15.7 Å². The summed E-state index contributed by atoms with van der Waals surface area (Å²) in [6, 6.07) is 0. The summed E-state index contributed by atoms with van der Waals surface area (Å²) < 4.78 is 0. The molecule has 0 heterocycles. The van der Waals surface area contributed by atoms with Crippen LogP contribution in [0.25, 0.3) is 0 Å². The van der Waals surface area contributed by atoms with E-state index >= 15 is 0 Å². The third-order valence-electron chi connectivity index (χ3n) is 2.84. The van der Waals surface area contributed by atoms with Crippen LogP contribution < -0.4 is 10.6 Å². The second-order valence-electron chi connectivity index (χ2n) is 4.18. The zero-order valence-corrected chi connectivity index (χ0v) is 9.17. The van der Waals surface area contributed by atoms with Crippen molar-refractivity contribution in [3.63, 3.8) is 0 Å². The van der Waals surface area contributed by atoms with Crippen LogP contribution in [0.2, 0.25) is 0 Å². The summed E-state index contributed by atoms with van der Waals surface area (Å²) >= 11 is 0. The van der Waals surface area contributed by atoms with Crippen molar-refractivity contribution in [2.45, 2.75) is 31.7 Å². The summed E-state index contributed by atoms with van der Waals surface area (Å²) in [7, 11) is 1.75. The molecule has 1 aliphatic carbocycles. The van der Waals surface area contributed by atoms with Crippen molar-refractivity contribution in [1.82, 2.24) is 10.6 Å². The van der Waals surface area contributed by atoms with Crippen molar-refractivity contribution in [1.29, 1.82) is 0 Å². The number of hydrogen-bond acceptors (Lipinski definition) is 3. The molecule has 1 rings (SSSR count). The van der Waals surface area contributed by atoms with E-state index < -0.39 is 11.5 Å². The summed E-state index contributed by atoms with van der Waals surface area (Å²) in [5.74, 6) is -1.06. The molecule has 0 radical (unpaired) electrons. The largest absolute Gasteiger partial charge is 0.480 e. The Morgan fingerprint density at radius 2 is 2.07 bits per heavy atom. The molecule has 0 saturated heterocycles. The Labute approximate surface area is 89.2 Å². The van der Waals surface area contributed by atoms with E-state index in [1.807, 2.05) is 0 Å². The normalized spacial score (nSPS) is 19.3. The first-order valence-electron chi connectivity index (χ1n) is 5.19. The van der Waals surface area contributed by atoms with Gasteiger partial charge in [-0.05, 0) is 32.7 Å². The van der Waals surface area contributed by atoms with E-state index in [9.17, 15) is 9.59 Å². The van der Waals surface area contributed by atoms with Crippen molar-refractivity contribution >= 4 is 11.9 Å². The molecule has 5 nitrogen and oxygen atoms in total. The SMILES string of the molecule is CNCCC(=O)NC(C)(C(=O)O)C1CC1. The number of aliphatic carboxylic acids is 1. The number of carbonyl (C=O) groups excluding carboxylic acids is 1. The number of carboxylic acids is 1. The zero-order chi connectivity index (χ0) is 11.5. The summed E-state index contributed by atoms with van der Waals surface area (Å²) in [6.45, 7) is 2.15. The highest BCUT2D eigenvalue weighted by atomic mass is 16.4. The maximum absolute atomic E-state index is 11.4. The van der Waals surface area contributed by atoms with Gasteiger partial charge in [-0.1, -0.05) is 0 Å². The van der Waals surface area contributed by atoms with Gasteiger partial charge in [-0.2, -0.15) is 0 Å². The predicted molar refractivity (Wildman–Crippen MR) is 55.5 cm³/mol. The Morgan fingerprint density at radius 3 is 2.47 bits per heavy atom. The maximum Gasteiger partial charge on any atom is 0.329 e. The highest BCUT2D eigenvalue weighted by Gasteiger charge is 2.48. The number of nitrogens with one attached hydrogen (secondary N) is 2. The van der Waals surface area contributed by atoms with E-state index in [0.29, 0.717) is 13.0 Å². The lowest BCUT2D eigenvalue weighted by atomic mass is 9.96. The molecule has 86 valence electrons. The van der Waals surface area contributed by atoms with Gasteiger partial charge in [0, 0.05) is 13.0 Å². The van der Waals surface area contributed by atoms with Crippen LogP contribution in [0.3, 0.4) is 0 Å². The minimum Gasteiger partial charge on any atom is -0.480 e. The van der Waals surface area contributed by atoms with E-state index in [2.05, 4.69) is 10.6 Å². The molecule has 0 aromatic carbocycles. The molecule has 1 fully saturated rings. The van der Waals surface area contributed by atoms with Gasteiger partial charge >= 0.3 is 5.97 Å². The average Bonchev–Trinajstić information content (AvgIpc) is 2.97. The quantitative estimate of drug-likeness (QED) is 0.580. The average molecular weight is 214 g/mol. The second-order valence-corrected chi connectivity index (χ2v) is 4.18. The molecular weight excluding hydrogens is 196 g/mol. The molecule has 5 heteroatoms. The topological polar surface area (TPSA) is 78.4 Å². The van der Waals surface area contributed by atoms with Crippen LogP contribution in [0.1, 0.15) is 26.2 Å². The van der Waals surface area contributed by atoms with Gasteiger partial charge in [0.15, 0.2) is 0 Å². The summed E-state index contributed by atoms with van der Waals surface area (Å²) in [6.07, 6.45) is 2.08. The lowest BCUT2D eigenvalue weighted by Crippen LogP contribution is -2.54. The van der Waals surface area contributed by atoms with Gasteiger partial charge in [0.2, 0.25) is 5.91 Å². The molecule has 0 aromatic heterocycles. The molecule has 3 N–H and O–H groups in total. The number of hydrogen-bond donors (Lipinski definition) is 3. The monoisotopic (exact) mass is 214 g/mol. The summed E-state index contributed by atoms with van der Waals surface area (Å²) in [4.78, 5) is 22.5. The first-order valence-corrected chi connectivity index (χ1v) is 5.19. The number of carbonyl (C=O) groups is 2. The Morgan fingerprint density at radius 1 is 1.47 bits per heavy atom. The van der Waals surface area contributed by atoms with Crippen LogP contribution in [0.5, 0.6) is 0 Å². The Hall–Kier alpha value is -1.10. The van der Waals surface area contributed by atoms with Crippen LogP contribution >= 0.6 is 0 Å². The molecule has 1 saturated carbocycles. The van der Waals surface area contributed by atoms with Crippen molar-refractivity contribution < 1.29 is 14.7 Å². The lowest BCUT2D eigenvalue weighted by Gasteiger charge is -2.26. The van der Waals surface area contributed by atoms with Gasteiger partial charge in [0.1, 0.15) is 5.54 Å². The second kappa shape index (κ2) is 4.61. The van der Waals surface area contributed by atoms with E-state index in [1.165, 1.54) is 0 Å². The fourth-order valence-electron chi connectivity index (χ4n) is 1.58. The third kappa shape index (κ3) is 2.92. The van der Waals surface area contributed by atoms with Gasteiger partial charge in [0.05, 0.1) is 0 Å². The van der Waals surface area contributed by atoms with E-state index in [1.54, 1.807) is 14.0 Å². The smallest absolute Gasteiger partial charge is 0.329 e. The van der Waals surface area contributed by atoms with Crippen molar-refractivity contribution in [2.24, 2.45) is 5.92 Å². The van der Waals surface area contributed by atoms with Crippen LogP contribution in [-0.2, 0) is 9.59 Å². The van der Waals surface area contributed by atoms with Crippen LogP contribution in [0, 0.1) is 5.92 Å². The molecule has 1 amide bonds. The highest BCUT2D eigenvalue weighted by molar-refractivity contribution is 5.87. The number of amides is 1. The van der Waals surface area contributed by atoms with Crippen molar-refractivity contribution in [3.8, 4) is 0 Å². The predicted octanol–water partition coefficient (Wildman–Crippen LogP) is -0.0346. The third-order valence-corrected chi connectivity index (χ3v) is 2.84. The Balaban J connectivity index is 2.51. The Kier molecular flexibility index (Phi) is 3.68. The standard InChI is InChI=1S/C10H18N2O3/c1-10(9(14)15,7-3-4-7)12-8(13)5-6-11-2/h7,11H,3-6H2,1-2H3,(H,12,13)(H,14,15). The van der Waals surface area contributed by atoms with Crippen LogP contribution in [-0.4, -0.2) is 36.1 Å². The minimum absolute atomic E-state index is 0.0912. The fourth-order valence-corrected chi connectivity index (χ4v) is 1.58. The molecule has 0 aromatic rings. The van der Waals surface area contributed by atoms with Gasteiger partial charge in [-0.15, -0.1) is 0 Å². The molecule has 1 aliphatic rings. The molecule has 1 unspecified atom stereocenters. The molecule has 1 atom stereocenters. The van der Waals surface area contributed by atoms with E-state index in [-0.39, 0.29) is 11.8 Å². The molecule has 0 bridgehead atoms.